The highest BCUT2D eigenvalue weighted by molar-refractivity contribution is 5.71. The molecule has 0 spiro atoms. The van der Waals surface area contributed by atoms with E-state index in [1.54, 1.807) is 4.90 Å². The molecular formula is C15H18FNO2. The molecule has 0 bridgehead atoms. The predicted octanol–water partition coefficient (Wildman–Crippen LogP) is 3.29. The van der Waals surface area contributed by atoms with Gasteiger partial charge in [0.25, 0.3) is 5.85 Å². The van der Waals surface area contributed by atoms with Crippen LogP contribution in [0.2, 0.25) is 0 Å². The second-order valence-corrected chi connectivity index (χ2v) is 5.48. The fraction of sp³-hybridized carbons (Fsp3) is 0.533. The minimum Gasteiger partial charge on any atom is -0.410 e. The molecule has 2 aliphatic rings. The number of nitrogens with zero attached hydrogens (tertiary/aromatic N) is 1. The summed E-state index contributed by atoms with van der Waals surface area (Å²) in [7, 11) is 0. The SMILES string of the molecule is O=C1OC(F)(Cc2ccccc2)CN1C1CCCC1. The van der Waals surface area contributed by atoms with Crippen LogP contribution in [-0.2, 0) is 11.2 Å². The molecule has 19 heavy (non-hydrogen) atoms. The molecule has 3 rings (SSSR count). The molecular weight excluding hydrogens is 245 g/mol. The van der Waals surface area contributed by atoms with E-state index in [1.807, 2.05) is 30.3 Å². The van der Waals surface area contributed by atoms with Crippen molar-refractivity contribution >= 4 is 6.09 Å². The maximum atomic E-state index is 14.7. The van der Waals surface area contributed by atoms with Gasteiger partial charge < -0.3 is 4.74 Å². The average Bonchev–Trinajstić information content (AvgIpc) is 2.98. The lowest BCUT2D eigenvalue weighted by atomic mass is 10.1. The smallest absolute Gasteiger partial charge is 0.410 e. The first kappa shape index (κ1) is 12.5. The second-order valence-electron chi connectivity index (χ2n) is 5.48. The molecule has 0 N–H and O–H groups in total. The first-order valence-corrected chi connectivity index (χ1v) is 6.89. The van der Waals surface area contributed by atoms with Crippen LogP contribution in [0.15, 0.2) is 30.3 Å². The molecule has 1 aromatic carbocycles. The standard InChI is InChI=1S/C15H18FNO2/c16-15(10-12-6-2-1-3-7-12)11-17(14(18)19-15)13-8-4-5-9-13/h1-3,6-7,13H,4-5,8-11H2. The zero-order chi connectivity index (χ0) is 13.3. The first-order valence-electron chi connectivity index (χ1n) is 6.89. The lowest BCUT2D eigenvalue weighted by molar-refractivity contribution is -0.0575. The molecule has 1 aliphatic carbocycles. The van der Waals surface area contributed by atoms with E-state index in [4.69, 9.17) is 4.74 Å². The Morgan fingerprint density at radius 2 is 1.95 bits per heavy atom. The van der Waals surface area contributed by atoms with Crippen LogP contribution in [0.3, 0.4) is 0 Å². The fourth-order valence-electron chi connectivity index (χ4n) is 3.05. The molecule has 1 saturated carbocycles. The van der Waals surface area contributed by atoms with Gasteiger partial charge in [0.2, 0.25) is 0 Å². The zero-order valence-corrected chi connectivity index (χ0v) is 10.8. The van der Waals surface area contributed by atoms with Crippen molar-refractivity contribution < 1.29 is 13.9 Å². The Bertz CT molecular complexity index is 458. The van der Waals surface area contributed by atoms with E-state index in [-0.39, 0.29) is 19.0 Å². The Hall–Kier alpha value is -1.58. The Balaban J connectivity index is 1.70. The monoisotopic (exact) mass is 263 g/mol. The summed E-state index contributed by atoms with van der Waals surface area (Å²) in [5.41, 5.74) is 0.853. The van der Waals surface area contributed by atoms with E-state index in [0.717, 1.165) is 31.2 Å². The van der Waals surface area contributed by atoms with Gasteiger partial charge in [-0.1, -0.05) is 43.2 Å². The fourth-order valence-corrected chi connectivity index (χ4v) is 3.05. The topological polar surface area (TPSA) is 29.5 Å². The molecule has 1 unspecified atom stereocenters. The maximum absolute atomic E-state index is 14.7. The number of rotatable bonds is 3. The van der Waals surface area contributed by atoms with E-state index >= 15 is 0 Å². The summed E-state index contributed by atoms with van der Waals surface area (Å²) >= 11 is 0. The number of ether oxygens (including phenoxy) is 1. The van der Waals surface area contributed by atoms with E-state index in [9.17, 15) is 9.18 Å². The highest BCUT2D eigenvalue weighted by Crippen LogP contribution is 2.34. The van der Waals surface area contributed by atoms with Crippen LogP contribution in [0.4, 0.5) is 9.18 Å². The van der Waals surface area contributed by atoms with Crippen molar-refractivity contribution in [2.24, 2.45) is 0 Å². The summed E-state index contributed by atoms with van der Waals surface area (Å²) < 4.78 is 19.7. The zero-order valence-electron chi connectivity index (χ0n) is 10.8. The number of alkyl halides is 1. The van der Waals surface area contributed by atoms with Gasteiger partial charge in [-0.05, 0) is 18.4 Å². The number of amides is 1. The molecule has 102 valence electrons. The number of benzene rings is 1. The van der Waals surface area contributed by atoms with Gasteiger partial charge >= 0.3 is 6.09 Å². The molecule has 0 aromatic heterocycles. The third kappa shape index (κ3) is 2.57. The quantitative estimate of drug-likeness (QED) is 0.837. The van der Waals surface area contributed by atoms with Crippen LogP contribution < -0.4 is 0 Å². The van der Waals surface area contributed by atoms with Crippen LogP contribution >= 0.6 is 0 Å². The largest absolute Gasteiger partial charge is 0.413 e. The van der Waals surface area contributed by atoms with Crippen molar-refractivity contribution in [3.63, 3.8) is 0 Å². The van der Waals surface area contributed by atoms with E-state index < -0.39 is 11.9 Å². The molecule has 1 saturated heterocycles. The summed E-state index contributed by atoms with van der Waals surface area (Å²) in [6, 6.07) is 9.50. The van der Waals surface area contributed by atoms with Gasteiger partial charge in [-0.3, -0.25) is 4.90 Å². The third-order valence-electron chi connectivity index (χ3n) is 3.99. The normalized spacial score (nSPS) is 27.8. The van der Waals surface area contributed by atoms with Gasteiger partial charge in [0.05, 0.1) is 6.54 Å². The van der Waals surface area contributed by atoms with Gasteiger partial charge in [0.1, 0.15) is 0 Å². The van der Waals surface area contributed by atoms with Crippen LogP contribution in [0.25, 0.3) is 0 Å². The van der Waals surface area contributed by atoms with Crippen molar-refractivity contribution in [2.45, 2.75) is 44.0 Å². The molecule has 1 aromatic rings. The minimum absolute atomic E-state index is 0.0609. The van der Waals surface area contributed by atoms with E-state index in [0.29, 0.717) is 0 Å². The van der Waals surface area contributed by atoms with Crippen LogP contribution in [0, 0.1) is 0 Å². The van der Waals surface area contributed by atoms with Gasteiger partial charge in [0, 0.05) is 12.5 Å². The Kier molecular flexibility index (Phi) is 3.17. The van der Waals surface area contributed by atoms with Crippen molar-refractivity contribution in [1.82, 2.24) is 4.90 Å². The maximum Gasteiger partial charge on any atom is 0.413 e. The summed E-state index contributed by atoms with van der Waals surface area (Å²) in [6.45, 7) is 0.0609. The lowest BCUT2D eigenvalue weighted by Gasteiger charge is -2.21. The number of hydrogen-bond acceptors (Lipinski definition) is 2. The Morgan fingerprint density at radius 3 is 2.63 bits per heavy atom. The van der Waals surface area contributed by atoms with E-state index in [2.05, 4.69) is 0 Å². The Morgan fingerprint density at radius 1 is 1.26 bits per heavy atom. The molecule has 1 heterocycles. The average molecular weight is 263 g/mol. The number of hydrogen-bond donors (Lipinski definition) is 0. The highest BCUT2D eigenvalue weighted by Gasteiger charge is 2.48. The first-order chi connectivity index (χ1) is 9.16. The lowest BCUT2D eigenvalue weighted by Crippen LogP contribution is -2.37. The van der Waals surface area contributed by atoms with Crippen LogP contribution in [-0.4, -0.2) is 29.4 Å². The number of cyclic esters (lactones) is 1. The molecule has 1 amide bonds. The number of carbonyl (C=O) groups is 1. The molecule has 1 aliphatic heterocycles. The third-order valence-corrected chi connectivity index (χ3v) is 3.99. The van der Waals surface area contributed by atoms with Gasteiger partial charge in [-0.15, -0.1) is 0 Å². The van der Waals surface area contributed by atoms with Gasteiger partial charge in [-0.25, -0.2) is 4.79 Å². The van der Waals surface area contributed by atoms with Crippen molar-refractivity contribution in [2.75, 3.05) is 6.54 Å². The van der Waals surface area contributed by atoms with Crippen molar-refractivity contribution in [1.29, 1.82) is 0 Å². The summed E-state index contributed by atoms with van der Waals surface area (Å²) in [6.07, 6.45) is 3.81. The Labute approximate surface area is 112 Å². The molecule has 2 fully saturated rings. The van der Waals surface area contributed by atoms with Gasteiger partial charge in [0.15, 0.2) is 0 Å². The number of halogens is 1. The number of carbonyl (C=O) groups excluding carboxylic acids is 1. The summed E-state index contributed by atoms with van der Waals surface area (Å²) in [5.74, 6) is -1.87. The predicted molar refractivity (Wildman–Crippen MR) is 69.4 cm³/mol. The molecule has 3 nitrogen and oxygen atoms in total. The molecule has 4 heteroatoms. The van der Waals surface area contributed by atoms with E-state index in [1.165, 1.54) is 0 Å². The summed E-state index contributed by atoms with van der Waals surface area (Å²) in [5, 5.41) is 0. The molecule has 0 radical (unpaired) electrons. The van der Waals surface area contributed by atoms with Crippen LogP contribution in [0.1, 0.15) is 31.2 Å². The van der Waals surface area contributed by atoms with Crippen molar-refractivity contribution in [3.8, 4) is 0 Å². The van der Waals surface area contributed by atoms with Crippen LogP contribution in [0.5, 0.6) is 0 Å². The molecule has 1 atom stereocenters. The summed E-state index contributed by atoms with van der Waals surface area (Å²) in [4.78, 5) is 13.4. The van der Waals surface area contributed by atoms with Crippen molar-refractivity contribution in [3.05, 3.63) is 35.9 Å². The van der Waals surface area contributed by atoms with Gasteiger partial charge in [-0.2, -0.15) is 4.39 Å². The second kappa shape index (κ2) is 4.83. The highest BCUT2D eigenvalue weighted by atomic mass is 19.2. The minimum atomic E-state index is -1.87.